The lowest BCUT2D eigenvalue weighted by atomic mass is 10.3. The normalized spacial score (nSPS) is 10.9. The lowest BCUT2D eigenvalue weighted by Gasteiger charge is -2.09. The standard InChI is InChI=1S/C20H20N8OS/c1-13-9-14(2)23-19(22-13)28-17(10-15(3)26-28)24-18(29)11-30-20-25-21-12-27(20)16-7-5-4-6-8-16/h4-10,12H,11H2,1-3H3,(H,24,29). The fourth-order valence-corrected chi connectivity index (χ4v) is 3.67. The maximum atomic E-state index is 12.6. The van der Waals surface area contributed by atoms with Gasteiger partial charge in [-0.05, 0) is 39.0 Å². The molecule has 10 heteroatoms. The summed E-state index contributed by atoms with van der Waals surface area (Å²) in [5.74, 6) is 0.928. The number of carbonyl (C=O) groups is 1. The number of nitrogens with one attached hydrogen (secondary N) is 1. The summed E-state index contributed by atoms with van der Waals surface area (Å²) in [4.78, 5) is 21.5. The van der Waals surface area contributed by atoms with Crippen LogP contribution >= 0.6 is 11.8 Å². The van der Waals surface area contributed by atoms with Gasteiger partial charge in [0.2, 0.25) is 5.91 Å². The van der Waals surface area contributed by atoms with Crippen LogP contribution in [0.25, 0.3) is 11.6 Å². The van der Waals surface area contributed by atoms with Crippen molar-refractivity contribution < 1.29 is 4.79 Å². The molecule has 0 saturated carbocycles. The van der Waals surface area contributed by atoms with Gasteiger partial charge in [0.05, 0.1) is 11.4 Å². The van der Waals surface area contributed by atoms with Crippen LogP contribution in [0.5, 0.6) is 0 Å². The summed E-state index contributed by atoms with van der Waals surface area (Å²) in [6.07, 6.45) is 1.63. The third-order valence-corrected chi connectivity index (χ3v) is 5.09. The molecule has 3 aromatic heterocycles. The molecule has 0 radical (unpaired) electrons. The number of carbonyl (C=O) groups excluding carboxylic acids is 1. The van der Waals surface area contributed by atoms with Gasteiger partial charge in [0.25, 0.3) is 5.95 Å². The molecule has 0 aliphatic rings. The minimum absolute atomic E-state index is 0.170. The average Bonchev–Trinajstić information content (AvgIpc) is 3.32. The second kappa shape index (κ2) is 8.46. The predicted molar refractivity (Wildman–Crippen MR) is 114 cm³/mol. The van der Waals surface area contributed by atoms with Gasteiger partial charge >= 0.3 is 0 Å². The molecule has 0 spiro atoms. The van der Waals surface area contributed by atoms with Crippen molar-refractivity contribution in [3.63, 3.8) is 0 Å². The highest BCUT2D eigenvalue weighted by molar-refractivity contribution is 7.99. The Bertz CT molecular complexity index is 1160. The number of aromatic nitrogens is 7. The molecule has 1 amide bonds. The minimum atomic E-state index is -0.187. The number of nitrogens with zero attached hydrogens (tertiary/aromatic N) is 7. The molecule has 0 aliphatic carbocycles. The Morgan fingerprint density at radius 3 is 2.50 bits per heavy atom. The number of para-hydroxylation sites is 1. The van der Waals surface area contributed by atoms with E-state index < -0.39 is 0 Å². The maximum absolute atomic E-state index is 12.6. The van der Waals surface area contributed by atoms with Crippen LogP contribution < -0.4 is 5.32 Å². The Kier molecular flexibility index (Phi) is 5.57. The van der Waals surface area contributed by atoms with Crippen LogP contribution in [0, 0.1) is 20.8 Å². The number of hydrogen-bond donors (Lipinski definition) is 1. The van der Waals surface area contributed by atoms with Crippen molar-refractivity contribution in [3.8, 4) is 11.6 Å². The van der Waals surface area contributed by atoms with Gasteiger partial charge in [0.1, 0.15) is 12.1 Å². The number of hydrogen-bond acceptors (Lipinski definition) is 7. The van der Waals surface area contributed by atoms with Gasteiger partial charge in [-0.15, -0.1) is 10.2 Å². The van der Waals surface area contributed by atoms with Crippen LogP contribution in [0.2, 0.25) is 0 Å². The number of amides is 1. The lowest BCUT2D eigenvalue weighted by molar-refractivity contribution is -0.113. The van der Waals surface area contributed by atoms with E-state index >= 15 is 0 Å². The second-order valence-corrected chi connectivity index (χ2v) is 7.63. The third kappa shape index (κ3) is 4.38. The Labute approximate surface area is 177 Å². The highest BCUT2D eigenvalue weighted by Gasteiger charge is 2.15. The summed E-state index contributed by atoms with van der Waals surface area (Å²) in [5, 5.41) is 16.0. The topological polar surface area (TPSA) is 103 Å². The van der Waals surface area contributed by atoms with Crippen LogP contribution in [0.3, 0.4) is 0 Å². The molecule has 1 aromatic carbocycles. The molecule has 1 N–H and O–H groups in total. The zero-order valence-corrected chi connectivity index (χ0v) is 17.6. The van der Waals surface area contributed by atoms with E-state index in [9.17, 15) is 4.79 Å². The largest absolute Gasteiger partial charge is 0.310 e. The molecule has 3 heterocycles. The summed E-state index contributed by atoms with van der Waals surface area (Å²) in [6.45, 7) is 5.64. The first-order valence-electron chi connectivity index (χ1n) is 9.27. The van der Waals surface area contributed by atoms with Crippen LogP contribution in [0.15, 0.2) is 53.9 Å². The fourth-order valence-electron chi connectivity index (χ4n) is 2.94. The highest BCUT2D eigenvalue weighted by Crippen LogP contribution is 2.20. The molecule has 4 aromatic rings. The van der Waals surface area contributed by atoms with Crippen LogP contribution in [-0.2, 0) is 4.79 Å². The summed E-state index contributed by atoms with van der Waals surface area (Å²) >= 11 is 1.31. The zero-order chi connectivity index (χ0) is 21.1. The molecule has 0 saturated heterocycles. The van der Waals surface area contributed by atoms with Gasteiger partial charge < -0.3 is 5.32 Å². The lowest BCUT2D eigenvalue weighted by Crippen LogP contribution is -2.18. The quantitative estimate of drug-likeness (QED) is 0.478. The molecular weight excluding hydrogens is 400 g/mol. The Morgan fingerprint density at radius 2 is 1.77 bits per heavy atom. The monoisotopic (exact) mass is 420 g/mol. The number of benzene rings is 1. The molecule has 0 atom stereocenters. The summed E-state index contributed by atoms with van der Waals surface area (Å²) in [6, 6.07) is 13.4. The van der Waals surface area contributed by atoms with E-state index in [0.29, 0.717) is 16.9 Å². The van der Waals surface area contributed by atoms with E-state index in [1.807, 2.05) is 61.7 Å². The van der Waals surface area contributed by atoms with E-state index in [-0.39, 0.29) is 11.7 Å². The van der Waals surface area contributed by atoms with Crippen LogP contribution in [-0.4, -0.2) is 46.2 Å². The summed E-state index contributed by atoms with van der Waals surface area (Å²) < 4.78 is 3.39. The van der Waals surface area contributed by atoms with E-state index in [0.717, 1.165) is 22.8 Å². The number of rotatable bonds is 6. The van der Waals surface area contributed by atoms with Crippen molar-refractivity contribution in [1.82, 2.24) is 34.5 Å². The van der Waals surface area contributed by atoms with Gasteiger partial charge in [0.15, 0.2) is 5.16 Å². The van der Waals surface area contributed by atoms with Crippen LogP contribution in [0.1, 0.15) is 17.1 Å². The Morgan fingerprint density at radius 1 is 1.03 bits per heavy atom. The van der Waals surface area contributed by atoms with E-state index in [2.05, 4.69) is 30.6 Å². The van der Waals surface area contributed by atoms with Crippen LogP contribution in [0.4, 0.5) is 5.82 Å². The number of thioether (sulfide) groups is 1. The maximum Gasteiger partial charge on any atom is 0.252 e. The molecule has 0 unspecified atom stereocenters. The zero-order valence-electron chi connectivity index (χ0n) is 16.8. The van der Waals surface area contributed by atoms with Crippen molar-refractivity contribution >= 4 is 23.5 Å². The smallest absolute Gasteiger partial charge is 0.252 e. The first-order valence-corrected chi connectivity index (χ1v) is 10.3. The highest BCUT2D eigenvalue weighted by atomic mass is 32.2. The van der Waals surface area contributed by atoms with Crippen molar-refractivity contribution in [3.05, 3.63) is 65.9 Å². The Balaban J connectivity index is 1.48. The molecule has 0 bridgehead atoms. The third-order valence-electron chi connectivity index (χ3n) is 4.14. The average molecular weight is 421 g/mol. The molecule has 0 aliphatic heterocycles. The van der Waals surface area contributed by atoms with Gasteiger partial charge in [-0.3, -0.25) is 9.36 Å². The predicted octanol–water partition coefficient (Wildman–Crippen LogP) is 2.90. The van der Waals surface area contributed by atoms with Crippen molar-refractivity contribution in [2.75, 3.05) is 11.1 Å². The van der Waals surface area contributed by atoms with E-state index in [1.165, 1.54) is 11.8 Å². The number of aryl methyl sites for hydroxylation is 3. The fraction of sp³-hybridized carbons (Fsp3) is 0.200. The molecule has 30 heavy (non-hydrogen) atoms. The molecule has 0 fully saturated rings. The van der Waals surface area contributed by atoms with Crippen molar-refractivity contribution in [2.24, 2.45) is 0 Å². The second-order valence-electron chi connectivity index (χ2n) is 6.69. The molecule has 152 valence electrons. The minimum Gasteiger partial charge on any atom is -0.310 e. The first kappa shape index (κ1) is 19.8. The SMILES string of the molecule is Cc1cc(C)nc(-n2nc(C)cc2NC(=O)CSc2nncn2-c2ccccc2)n1. The summed E-state index contributed by atoms with van der Waals surface area (Å²) in [7, 11) is 0. The van der Waals surface area contributed by atoms with Crippen molar-refractivity contribution in [2.45, 2.75) is 25.9 Å². The molecule has 9 nitrogen and oxygen atoms in total. The first-order chi connectivity index (χ1) is 14.5. The van der Waals surface area contributed by atoms with Gasteiger partial charge in [-0.25, -0.2) is 9.97 Å². The summed E-state index contributed by atoms with van der Waals surface area (Å²) in [5.41, 5.74) is 3.35. The number of anilines is 1. The van der Waals surface area contributed by atoms with E-state index in [1.54, 1.807) is 17.1 Å². The Hall–Kier alpha value is -3.53. The van der Waals surface area contributed by atoms with Gasteiger partial charge in [0, 0.05) is 23.1 Å². The molecular formula is C20H20N8OS. The molecule has 4 rings (SSSR count). The van der Waals surface area contributed by atoms with E-state index in [4.69, 9.17) is 0 Å². The van der Waals surface area contributed by atoms with Gasteiger partial charge in [-0.1, -0.05) is 30.0 Å². The van der Waals surface area contributed by atoms with Gasteiger partial charge in [-0.2, -0.15) is 9.78 Å². The van der Waals surface area contributed by atoms with Crippen molar-refractivity contribution in [1.29, 1.82) is 0 Å².